The number of nitrogens with one attached hydrogen (secondary N) is 1. The van der Waals surface area contributed by atoms with E-state index >= 15 is 0 Å². The number of halogens is 2. The number of hydrogen-bond acceptors (Lipinski definition) is 3. The molecule has 1 fully saturated rings. The molecule has 0 aromatic heterocycles. The molecule has 0 heterocycles. The minimum atomic E-state index is -4.34. The van der Waals surface area contributed by atoms with Crippen LogP contribution in [0, 0.1) is 11.6 Å². The van der Waals surface area contributed by atoms with Crippen molar-refractivity contribution in [2.45, 2.75) is 36.1 Å². The van der Waals surface area contributed by atoms with Crippen molar-refractivity contribution in [3.63, 3.8) is 0 Å². The Hall–Kier alpha value is -1.05. The molecule has 0 atom stereocenters. The molecule has 0 radical (unpaired) electrons. The van der Waals surface area contributed by atoms with Crippen LogP contribution in [0.2, 0.25) is 0 Å². The fraction of sp³-hybridized carbons (Fsp3) is 0.500. The molecule has 106 valence electrons. The molecule has 1 aliphatic rings. The number of hydrogen-bond donors (Lipinski definition) is 2. The van der Waals surface area contributed by atoms with Gasteiger partial charge in [-0.15, -0.1) is 0 Å². The topological polar surface area (TPSA) is 66.4 Å². The zero-order valence-electron chi connectivity index (χ0n) is 10.2. The van der Waals surface area contributed by atoms with Crippen LogP contribution in [-0.2, 0) is 10.0 Å². The highest BCUT2D eigenvalue weighted by Crippen LogP contribution is 2.31. The summed E-state index contributed by atoms with van der Waals surface area (Å²) in [4.78, 5) is -0.991. The molecule has 2 N–H and O–H groups in total. The van der Waals surface area contributed by atoms with E-state index in [-0.39, 0.29) is 6.61 Å². The summed E-state index contributed by atoms with van der Waals surface area (Å²) in [5.41, 5.74) is -1.01. The molecule has 2 rings (SSSR count). The maximum Gasteiger partial charge on any atom is 0.247 e. The van der Waals surface area contributed by atoms with Crippen molar-refractivity contribution in [2.75, 3.05) is 6.61 Å². The maximum absolute atomic E-state index is 13.5. The number of aliphatic hydroxyl groups is 1. The van der Waals surface area contributed by atoms with Crippen LogP contribution in [0.4, 0.5) is 8.78 Å². The molecular weight excluding hydrogens is 276 g/mol. The third-order valence-corrected chi connectivity index (χ3v) is 5.03. The third kappa shape index (κ3) is 2.77. The Morgan fingerprint density at radius 2 is 1.74 bits per heavy atom. The van der Waals surface area contributed by atoms with Crippen LogP contribution in [0.15, 0.2) is 23.1 Å². The second-order valence-corrected chi connectivity index (χ2v) is 6.42. The fourth-order valence-corrected chi connectivity index (χ4v) is 4.01. The smallest absolute Gasteiger partial charge is 0.247 e. The van der Waals surface area contributed by atoms with E-state index in [0.29, 0.717) is 12.8 Å². The molecule has 0 saturated heterocycles. The lowest BCUT2D eigenvalue weighted by atomic mass is 10.0. The minimum Gasteiger partial charge on any atom is -0.394 e. The summed E-state index contributed by atoms with van der Waals surface area (Å²) in [5.74, 6) is -2.28. The molecule has 1 aliphatic carbocycles. The van der Waals surface area contributed by atoms with Crippen molar-refractivity contribution >= 4 is 10.0 Å². The van der Waals surface area contributed by atoms with Gasteiger partial charge < -0.3 is 5.11 Å². The van der Waals surface area contributed by atoms with Gasteiger partial charge in [0.05, 0.1) is 12.1 Å². The average Bonchev–Trinajstić information content (AvgIpc) is 2.77. The molecule has 0 amide bonds. The van der Waals surface area contributed by atoms with Crippen molar-refractivity contribution in [1.29, 1.82) is 0 Å². The second-order valence-electron chi connectivity index (χ2n) is 4.80. The highest BCUT2D eigenvalue weighted by molar-refractivity contribution is 7.89. The van der Waals surface area contributed by atoms with Gasteiger partial charge >= 0.3 is 0 Å². The summed E-state index contributed by atoms with van der Waals surface area (Å²) >= 11 is 0. The minimum absolute atomic E-state index is 0.387. The predicted octanol–water partition coefficient (Wildman–Crippen LogP) is 1.55. The molecule has 1 aromatic rings. The summed E-state index contributed by atoms with van der Waals surface area (Å²) in [5, 5.41) is 9.35. The first-order chi connectivity index (χ1) is 8.90. The molecule has 0 spiro atoms. The van der Waals surface area contributed by atoms with E-state index < -0.39 is 32.1 Å². The number of rotatable bonds is 4. The van der Waals surface area contributed by atoms with Crippen LogP contribution in [0.3, 0.4) is 0 Å². The molecule has 0 unspecified atom stereocenters. The van der Waals surface area contributed by atoms with Crippen LogP contribution in [-0.4, -0.2) is 25.7 Å². The van der Waals surface area contributed by atoms with Crippen molar-refractivity contribution in [1.82, 2.24) is 4.72 Å². The summed E-state index contributed by atoms with van der Waals surface area (Å²) in [7, 11) is -4.34. The van der Waals surface area contributed by atoms with Crippen molar-refractivity contribution < 1.29 is 22.3 Å². The first-order valence-corrected chi connectivity index (χ1v) is 7.47. The number of benzene rings is 1. The van der Waals surface area contributed by atoms with Crippen molar-refractivity contribution in [2.24, 2.45) is 0 Å². The third-order valence-electron chi connectivity index (χ3n) is 3.40. The molecule has 4 nitrogen and oxygen atoms in total. The summed E-state index contributed by atoms with van der Waals surface area (Å²) in [6, 6.07) is 2.87. The summed E-state index contributed by atoms with van der Waals surface area (Å²) in [6.07, 6.45) is 2.45. The highest BCUT2D eigenvalue weighted by Gasteiger charge is 2.39. The molecular formula is C12H15F2NO3S. The Bertz CT molecular complexity index is 548. The normalized spacial score (nSPS) is 18.7. The molecule has 1 saturated carbocycles. The Morgan fingerprint density at radius 1 is 1.21 bits per heavy atom. The van der Waals surface area contributed by atoms with Crippen LogP contribution >= 0.6 is 0 Å². The fourth-order valence-electron chi connectivity index (χ4n) is 2.42. The van der Waals surface area contributed by atoms with Crippen molar-refractivity contribution in [3.8, 4) is 0 Å². The first-order valence-electron chi connectivity index (χ1n) is 5.99. The first kappa shape index (κ1) is 14.4. The van der Waals surface area contributed by atoms with Crippen LogP contribution < -0.4 is 4.72 Å². The molecule has 7 heteroatoms. The SMILES string of the molecule is O=S(=O)(NC1(CO)CCCC1)c1c(F)cccc1F. The van der Waals surface area contributed by atoms with Gasteiger partial charge in [0.1, 0.15) is 11.6 Å². The zero-order chi connectivity index (χ0) is 14.1. The Labute approximate surface area is 110 Å². The molecule has 0 aliphatic heterocycles. The van der Waals surface area contributed by atoms with Crippen molar-refractivity contribution in [3.05, 3.63) is 29.8 Å². The van der Waals surface area contributed by atoms with E-state index in [9.17, 15) is 22.3 Å². The van der Waals surface area contributed by atoms with Crippen LogP contribution in [0.5, 0.6) is 0 Å². The van der Waals surface area contributed by atoms with Gasteiger partial charge in [0.15, 0.2) is 4.90 Å². The van der Waals surface area contributed by atoms with Gasteiger partial charge in [0.25, 0.3) is 0 Å². The predicted molar refractivity (Wildman–Crippen MR) is 65.0 cm³/mol. The zero-order valence-corrected chi connectivity index (χ0v) is 11.0. The van der Waals surface area contributed by atoms with Gasteiger partial charge in [-0.25, -0.2) is 21.9 Å². The van der Waals surface area contributed by atoms with Gasteiger partial charge in [0.2, 0.25) is 10.0 Å². The van der Waals surface area contributed by atoms with Gasteiger partial charge in [-0.3, -0.25) is 0 Å². The van der Waals surface area contributed by atoms with Crippen LogP contribution in [0.1, 0.15) is 25.7 Å². The van der Waals surface area contributed by atoms with E-state index in [1.807, 2.05) is 0 Å². The molecule has 0 bridgehead atoms. The maximum atomic E-state index is 13.5. The molecule has 19 heavy (non-hydrogen) atoms. The van der Waals surface area contributed by atoms with E-state index in [4.69, 9.17) is 0 Å². The van der Waals surface area contributed by atoms with Crippen LogP contribution in [0.25, 0.3) is 0 Å². The van der Waals surface area contributed by atoms with Gasteiger partial charge in [-0.1, -0.05) is 18.9 Å². The largest absolute Gasteiger partial charge is 0.394 e. The highest BCUT2D eigenvalue weighted by atomic mass is 32.2. The van der Waals surface area contributed by atoms with Gasteiger partial charge in [-0.2, -0.15) is 0 Å². The standard InChI is InChI=1S/C12H15F2NO3S/c13-9-4-3-5-10(14)11(9)19(17,18)15-12(8-16)6-1-2-7-12/h3-5,15-16H,1-2,6-8H2. The van der Waals surface area contributed by atoms with E-state index in [1.54, 1.807) is 0 Å². The summed E-state index contributed by atoms with van der Waals surface area (Å²) in [6.45, 7) is -0.387. The van der Waals surface area contributed by atoms with E-state index in [1.165, 1.54) is 0 Å². The lowest BCUT2D eigenvalue weighted by Crippen LogP contribution is -2.49. The quantitative estimate of drug-likeness (QED) is 0.884. The molecule has 1 aromatic carbocycles. The Kier molecular flexibility index (Phi) is 3.89. The summed E-state index contributed by atoms with van der Waals surface area (Å²) < 4.78 is 53.5. The lowest BCUT2D eigenvalue weighted by Gasteiger charge is -2.27. The average molecular weight is 291 g/mol. The number of aliphatic hydroxyl groups excluding tert-OH is 1. The monoisotopic (exact) mass is 291 g/mol. The number of sulfonamides is 1. The van der Waals surface area contributed by atoms with Gasteiger partial charge in [0, 0.05) is 0 Å². The lowest BCUT2D eigenvalue weighted by molar-refractivity contribution is 0.185. The van der Waals surface area contributed by atoms with Gasteiger partial charge in [-0.05, 0) is 25.0 Å². The second kappa shape index (κ2) is 5.15. The Morgan fingerprint density at radius 3 is 2.21 bits per heavy atom. The van der Waals surface area contributed by atoms with E-state index in [2.05, 4.69) is 4.72 Å². The van der Waals surface area contributed by atoms with E-state index in [0.717, 1.165) is 31.0 Å². The Balaban J connectivity index is 2.38.